The third-order valence-corrected chi connectivity index (χ3v) is 4.34. The first-order valence-electron chi connectivity index (χ1n) is 5.84. The van der Waals surface area contributed by atoms with Crippen LogP contribution in [-0.4, -0.2) is 37.8 Å². The van der Waals surface area contributed by atoms with Gasteiger partial charge in [0.15, 0.2) is 0 Å². The molecule has 0 bridgehead atoms. The number of amides is 1. The number of carbonyl (C=O) groups excluding carboxylic acids is 1. The fraction of sp³-hybridized carbons (Fsp3) is 0.636. The summed E-state index contributed by atoms with van der Waals surface area (Å²) in [4.78, 5) is 11.6. The minimum atomic E-state index is -3.86. The third-order valence-electron chi connectivity index (χ3n) is 2.71. The summed E-state index contributed by atoms with van der Waals surface area (Å²) in [6.45, 7) is 3.65. The van der Waals surface area contributed by atoms with Crippen molar-refractivity contribution in [3.05, 3.63) is 11.4 Å². The Morgan fingerprint density at radius 1 is 1.42 bits per heavy atom. The van der Waals surface area contributed by atoms with Crippen molar-refractivity contribution >= 4 is 15.9 Å². The standard InChI is InChI=1S/C11H19N3O4S/c1-8-11(9(2)14(3)12-8)19(16,17)13-10(15)6-5-7-18-4/h5-7H2,1-4H3,(H,13,15). The number of nitrogens with one attached hydrogen (secondary N) is 1. The van der Waals surface area contributed by atoms with Crippen molar-refractivity contribution in [1.82, 2.24) is 14.5 Å². The van der Waals surface area contributed by atoms with Crippen LogP contribution in [0.2, 0.25) is 0 Å². The van der Waals surface area contributed by atoms with Crippen LogP contribution in [0.3, 0.4) is 0 Å². The first-order valence-corrected chi connectivity index (χ1v) is 7.32. The molecule has 8 heteroatoms. The smallest absolute Gasteiger partial charge is 0.267 e. The molecule has 0 atom stereocenters. The van der Waals surface area contributed by atoms with Crippen LogP contribution in [0.25, 0.3) is 0 Å². The maximum absolute atomic E-state index is 12.1. The van der Waals surface area contributed by atoms with E-state index in [0.717, 1.165) is 0 Å². The average Bonchev–Trinajstić information content (AvgIpc) is 2.52. The number of hydrogen-bond donors (Lipinski definition) is 1. The fourth-order valence-corrected chi connectivity index (χ4v) is 3.23. The Bertz CT molecular complexity index is 563. The maximum Gasteiger partial charge on any atom is 0.267 e. The van der Waals surface area contributed by atoms with E-state index in [4.69, 9.17) is 4.74 Å². The number of methoxy groups -OCH3 is 1. The molecule has 0 saturated carbocycles. The number of aryl methyl sites for hydroxylation is 2. The number of sulfonamides is 1. The van der Waals surface area contributed by atoms with Gasteiger partial charge in [-0.05, 0) is 20.3 Å². The highest BCUT2D eigenvalue weighted by molar-refractivity contribution is 7.90. The molecular weight excluding hydrogens is 270 g/mol. The molecule has 1 aromatic rings. The second kappa shape index (κ2) is 6.16. The molecule has 0 fully saturated rings. The molecule has 0 radical (unpaired) electrons. The first-order chi connectivity index (χ1) is 8.79. The van der Waals surface area contributed by atoms with Gasteiger partial charge in [-0.1, -0.05) is 0 Å². The van der Waals surface area contributed by atoms with Gasteiger partial charge >= 0.3 is 0 Å². The van der Waals surface area contributed by atoms with Crippen LogP contribution < -0.4 is 4.72 Å². The fourth-order valence-electron chi connectivity index (χ4n) is 1.77. The number of carbonyl (C=O) groups is 1. The molecule has 1 N–H and O–H groups in total. The molecule has 1 heterocycles. The lowest BCUT2D eigenvalue weighted by Gasteiger charge is -2.07. The third kappa shape index (κ3) is 3.77. The molecule has 0 aliphatic rings. The summed E-state index contributed by atoms with van der Waals surface area (Å²) in [5.74, 6) is -0.542. The van der Waals surface area contributed by atoms with Crippen molar-refractivity contribution in [3.63, 3.8) is 0 Å². The van der Waals surface area contributed by atoms with Gasteiger partial charge in [0.25, 0.3) is 10.0 Å². The zero-order valence-electron chi connectivity index (χ0n) is 11.6. The molecule has 0 aliphatic heterocycles. The van der Waals surface area contributed by atoms with Gasteiger partial charge in [0, 0.05) is 27.2 Å². The highest BCUT2D eigenvalue weighted by atomic mass is 32.2. The van der Waals surface area contributed by atoms with Crippen LogP contribution in [0.15, 0.2) is 4.90 Å². The number of hydrogen-bond acceptors (Lipinski definition) is 5. The SMILES string of the molecule is COCCCC(=O)NS(=O)(=O)c1c(C)nn(C)c1C. The average molecular weight is 289 g/mol. The molecule has 0 unspecified atom stereocenters. The van der Waals surface area contributed by atoms with Crippen LogP contribution in [0, 0.1) is 13.8 Å². The lowest BCUT2D eigenvalue weighted by Crippen LogP contribution is -2.31. The number of aromatic nitrogens is 2. The Morgan fingerprint density at radius 3 is 2.53 bits per heavy atom. The lowest BCUT2D eigenvalue weighted by atomic mass is 10.3. The molecule has 0 aromatic carbocycles. The van der Waals surface area contributed by atoms with E-state index in [1.807, 2.05) is 0 Å². The lowest BCUT2D eigenvalue weighted by molar-refractivity contribution is -0.119. The molecule has 0 saturated heterocycles. The van der Waals surface area contributed by atoms with Gasteiger partial charge in [-0.15, -0.1) is 0 Å². The second-order valence-electron chi connectivity index (χ2n) is 4.25. The zero-order chi connectivity index (χ0) is 14.6. The van der Waals surface area contributed by atoms with Crippen molar-refractivity contribution in [1.29, 1.82) is 0 Å². The maximum atomic E-state index is 12.1. The predicted molar refractivity (Wildman–Crippen MR) is 69.1 cm³/mol. The Labute approximate surface area is 113 Å². The number of rotatable bonds is 6. The summed E-state index contributed by atoms with van der Waals surface area (Å²) in [6, 6.07) is 0. The van der Waals surface area contributed by atoms with Gasteiger partial charge in [0.1, 0.15) is 4.90 Å². The highest BCUT2D eigenvalue weighted by Crippen LogP contribution is 2.18. The molecule has 19 heavy (non-hydrogen) atoms. The highest BCUT2D eigenvalue weighted by Gasteiger charge is 2.25. The summed E-state index contributed by atoms with van der Waals surface area (Å²) < 4.78 is 32.6. The van der Waals surface area contributed by atoms with E-state index in [2.05, 4.69) is 9.82 Å². The van der Waals surface area contributed by atoms with Gasteiger partial charge in [-0.3, -0.25) is 9.48 Å². The van der Waals surface area contributed by atoms with Gasteiger partial charge in [-0.2, -0.15) is 5.10 Å². The van der Waals surface area contributed by atoms with Gasteiger partial charge in [0.2, 0.25) is 5.91 Å². The Kier molecular flexibility index (Phi) is 5.07. The molecule has 108 valence electrons. The summed E-state index contributed by atoms with van der Waals surface area (Å²) in [6.07, 6.45) is 0.578. The minimum absolute atomic E-state index is 0.0649. The topological polar surface area (TPSA) is 90.3 Å². The quantitative estimate of drug-likeness (QED) is 0.759. The molecule has 1 amide bonds. The van der Waals surface area contributed by atoms with Crippen molar-refractivity contribution in [2.45, 2.75) is 31.6 Å². The van der Waals surface area contributed by atoms with E-state index in [-0.39, 0.29) is 11.3 Å². The van der Waals surface area contributed by atoms with Crippen molar-refractivity contribution in [2.24, 2.45) is 7.05 Å². The summed E-state index contributed by atoms with van der Waals surface area (Å²) in [5, 5.41) is 4.03. The van der Waals surface area contributed by atoms with E-state index in [1.165, 1.54) is 11.8 Å². The monoisotopic (exact) mass is 289 g/mol. The molecule has 1 rings (SSSR count). The first kappa shape index (κ1) is 15.6. The van der Waals surface area contributed by atoms with E-state index in [0.29, 0.717) is 24.4 Å². The summed E-state index contributed by atoms with van der Waals surface area (Å²) in [5.41, 5.74) is 0.867. The van der Waals surface area contributed by atoms with Crippen molar-refractivity contribution in [2.75, 3.05) is 13.7 Å². The van der Waals surface area contributed by atoms with E-state index >= 15 is 0 Å². The van der Waals surface area contributed by atoms with Gasteiger partial charge in [0.05, 0.1) is 11.4 Å². The Hall–Kier alpha value is -1.41. The largest absolute Gasteiger partial charge is 0.385 e. The van der Waals surface area contributed by atoms with E-state index < -0.39 is 15.9 Å². The minimum Gasteiger partial charge on any atom is -0.385 e. The zero-order valence-corrected chi connectivity index (χ0v) is 12.4. The van der Waals surface area contributed by atoms with Crippen LogP contribution in [0.5, 0.6) is 0 Å². The molecule has 1 aromatic heterocycles. The summed E-state index contributed by atoms with van der Waals surface area (Å²) in [7, 11) is -0.682. The molecule has 0 aliphatic carbocycles. The van der Waals surface area contributed by atoms with Crippen molar-refractivity contribution < 1.29 is 17.9 Å². The molecule has 7 nitrogen and oxygen atoms in total. The van der Waals surface area contributed by atoms with Crippen LogP contribution in [0.1, 0.15) is 24.2 Å². The van der Waals surface area contributed by atoms with Gasteiger partial charge in [-0.25, -0.2) is 13.1 Å². The van der Waals surface area contributed by atoms with Crippen LogP contribution in [0.4, 0.5) is 0 Å². The number of ether oxygens (including phenoxy) is 1. The Morgan fingerprint density at radius 2 is 2.05 bits per heavy atom. The van der Waals surface area contributed by atoms with Gasteiger partial charge < -0.3 is 4.74 Å². The molecule has 0 spiro atoms. The van der Waals surface area contributed by atoms with E-state index in [9.17, 15) is 13.2 Å². The Balaban J connectivity index is 2.84. The van der Waals surface area contributed by atoms with Crippen LogP contribution >= 0.6 is 0 Å². The van der Waals surface area contributed by atoms with E-state index in [1.54, 1.807) is 20.9 Å². The predicted octanol–water partition coefficient (Wildman–Crippen LogP) is 0.268. The van der Waals surface area contributed by atoms with Crippen molar-refractivity contribution in [3.8, 4) is 0 Å². The number of nitrogens with zero attached hydrogens (tertiary/aromatic N) is 2. The van der Waals surface area contributed by atoms with Crippen LogP contribution in [-0.2, 0) is 26.6 Å². The second-order valence-corrected chi connectivity index (χ2v) is 5.87. The summed E-state index contributed by atoms with van der Waals surface area (Å²) >= 11 is 0. The molecular formula is C11H19N3O4S. The normalized spacial score (nSPS) is 11.6.